The molecule has 8 heteroatoms. The molecule has 0 saturated carbocycles. The second-order valence-electron chi connectivity index (χ2n) is 0.676. The molecule has 10 heavy (non-hydrogen) atoms. The van der Waals surface area contributed by atoms with E-state index in [1.165, 1.54) is 0 Å². The van der Waals surface area contributed by atoms with Crippen LogP contribution in [0.2, 0.25) is 0 Å². The number of hydrogen-bond donors (Lipinski definition) is 4. The predicted octanol–water partition coefficient (Wildman–Crippen LogP) is 1.40. The van der Waals surface area contributed by atoms with Gasteiger partial charge in [0.1, 0.15) is 0 Å². The molecule has 0 aliphatic rings. The van der Waals surface area contributed by atoms with Crippen LogP contribution in [-0.4, -0.2) is 21.6 Å². The fourth-order valence-electron chi connectivity index (χ4n) is 0. The van der Waals surface area contributed by atoms with Crippen LogP contribution in [0.25, 0.3) is 0 Å². The normalized spacial score (nSPS) is 5.00. The SMILES string of the molecule is N.N.O=C(O)P.O=C(O)P. The smallest absolute Gasteiger partial charge is 0.317 e. The van der Waals surface area contributed by atoms with E-state index < -0.39 is 11.4 Å². The van der Waals surface area contributed by atoms with Gasteiger partial charge in [0.15, 0.2) is 0 Å². The van der Waals surface area contributed by atoms with Crippen molar-refractivity contribution in [2.75, 3.05) is 0 Å². The first-order chi connectivity index (χ1) is 3.46. The molecule has 0 bridgehead atoms. The average molecular weight is 190 g/mol. The van der Waals surface area contributed by atoms with E-state index in [4.69, 9.17) is 19.8 Å². The van der Waals surface area contributed by atoms with Gasteiger partial charge >= 0.3 is 11.4 Å². The van der Waals surface area contributed by atoms with Crippen LogP contribution in [-0.2, 0) is 0 Å². The maximum atomic E-state index is 8.96. The maximum absolute atomic E-state index is 8.96. The van der Waals surface area contributed by atoms with Crippen molar-refractivity contribution in [3.63, 3.8) is 0 Å². The Balaban J connectivity index is -0.0000000300. The minimum atomic E-state index is -0.917. The van der Waals surface area contributed by atoms with Crippen LogP contribution in [0.15, 0.2) is 0 Å². The van der Waals surface area contributed by atoms with Crippen molar-refractivity contribution >= 4 is 29.9 Å². The van der Waals surface area contributed by atoms with E-state index in [9.17, 15) is 0 Å². The summed E-state index contributed by atoms with van der Waals surface area (Å²) < 4.78 is 0. The molecule has 8 N–H and O–H groups in total. The molecule has 6 nitrogen and oxygen atoms in total. The second-order valence-corrected chi connectivity index (χ2v) is 1.66. The van der Waals surface area contributed by atoms with Gasteiger partial charge in [-0.05, 0) is 18.5 Å². The summed E-state index contributed by atoms with van der Waals surface area (Å²) in [4.78, 5) is 17.9. The molecule has 64 valence electrons. The van der Waals surface area contributed by atoms with E-state index in [0.717, 1.165) is 0 Å². The Hall–Kier alpha value is -0.280. The molecule has 0 radical (unpaired) electrons. The Kier molecular flexibility index (Phi) is 35.9. The monoisotopic (exact) mass is 190 g/mol. The maximum Gasteiger partial charge on any atom is 0.317 e. The third-order valence-electron chi connectivity index (χ3n) is 0. The lowest BCUT2D eigenvalue weighted by molar-refractivity contribution is 0.221. The molecule has 0 spiro atoms. The Bertz CT molecular complexity index is 77.3. The fourth-order valence-corrected chi connectivity index (χ4v) is 0. The van der Waals surface area contributed by atoms with Crippen molar-refractivity contribution in [3.05, 3.63) is 0 Å². The summed E-state index contributed by atoms with van der Waals surface area (Å²) >= 11 is 0. The van der Waals surface area contributed by atoms with Gasteiger partial charge in [-0.15, -0.1) is 0 Å². The lowest BCUT2D eigenvalue weighted by Gasteiger charge is -1.59. The van der Waals surface area contributed by atoms with Gasteiger partial charge in [-0.1, -0.05) is 0 Å². The van der Waals surface area contributed by atoms with Gasteiger partial charge in [0.25, 0.3) is 0 Å². The van der Waals surface area contributed by atoms with Crippen molar-refractivity contribution in [1.29, 1.82) is 0 Å². The second kappa shape index (κ2) is 15.9. The van der Waals surface area contributed by atoms with Gasteiger partial charge in [-0.25, -0.2) is 9.59 Å². The Labute approximate surface area is 63.0 Å². The summed E-state index contributed by atoms with van der Waals surface area (Å²) in [6, 6.07) is 0. The van der Waals surface area contributed by atoms with E-state index in [0.29, 0.717) is 0 Å². The van der Waals surface area contributed by atoms with Crippen molar-refractivity contribution in [2.45, 2.75) is 0 Å². The van der Waals surface area contributed by atoms with Crippen LogP contribution in [0.3, 0.4) is 0 Å². The van der Waals surface area contributed by atoms with Gasteiger partial charge in [0.05, 0.1) is 0 Å². The van der Waals surface area contributed by atoms with Crippen LogP contribution in [0.4, 0.5) is 9.59 Å². The summed E-state index contributed by atoms with van der Waals surface area (Å²) in [5.41, 5.74) is -1.83. The lowest BCUT2D eigenvalue weighted by atomic mass is 11.6. The molecule has 2 unspecified atom stereocenters. The highest BCUT2D eigenvalue weighted by molar-refractivity contribution is 7.39. The Morgan fingerprint density at radius 3 is 0.900 bits per heavy atom. The lowest BCUT2D eigenvalue weighted by Crippen LogP contribution is -1.65. The molecule has 0 fully saturated rings. The van der Waals surface area contributed by atoms with Crippen molar-refractivity contribution in [2.24, 2.45) is 0 Å². The summed E-state index contributed by atoms with van der Waals surface area (Å²) in [5.74, 6) is 0. The molecule has 2 atom stereocenters. The molecule has 0 aliphatic heterocycles. The molecule has 0 aromatic carbocycles. The van der Waals surface area contributed by atoms with Crippen LogP contribution >= 0.6 is 18.5 Å². The van der Waals surface area contributed by atoms with Crippen LogP contribution in [0.1, 0.15) is 0 Å². The quantitative estimate of drug-likeness (QED) is 0.424. The highest BCUT2D eigenvalue weighted by atomic mass is 31.0. The molecule has 0 amide bonds. The Morgan fingerprint density at radius 2 is 0.900 bits per heavy atom. The number of rotatable bonds is 0. The van der Waals surface area contributed by atoms with Gasteiger partial charge in [-0.2, -0.15) is 0 Å². The van der Waals surface area contributed by atoms with E-state index >= 15 is 0 Å². The molecule has 0 heterocycles. The summed E-state index contributed by atoms with van der Waals surface area (Å²) in [5, 5.41) is 14.8. The first-order valence-corrected chi connectivity index (χ1v) is 2.59. The highest BCUT2D eigenvalue weighted by Crippen LogP contribution is 1.75. The van der Waals surface area contributed by atoms with E-state index in [1.54, 1.807) is 18.5 Å². The molecule has 0 saturated heterocycles. The average Bonchev–Trinajstić information content (AvgIpc) is 1.25. The highest BCUT2D eigenvalue weighted by Gasteiger charge is 1.65. The summed E-state index contributed by atoms with van der Waals surface area (Å²) in [7, 11) is 3.15. The molecule has 0 aromatic rings. The third kappa shape index (κ3) is 4450. The first-order valence-electron chi connectivity index (χ1n) is 1.43. The zero-order valence-electron chi connectivity index (χ0n) is 5.28. The van der Waals surface area contributed by atoms with Crippen LogP contribution in [0, 0.1) is 0 Å². The summed E-state index contributed by atoms with van der Waals surface area (Å²) in [6.45, 7) is 0. The van der Waals surface area contributed by atoms with Gasteiger partial charge in [0, 0.05) is 0 Å². The minimum absolute atomic E-state index is 0. The van der Waals surface area contributed by atoms with Crippen molar-refractivity contribution < 1.29 is 19.8 Å². The molecule has 0 aliphatic carbocycles. The topological polar surface area (TPSA) is 145 Å². The minimum Gasteiger partial charge on any atom is -0.479 e. The zero-order chi connectivity index (χ0) is 7.15. The fraction of sp³-hybridized carbons (Fsp3) is 0. The van der Waals surface area contributed by atoms with E-state index in [-0.39, 0.29) is 12.3 Å². The molecular formula is C2H12N2O4P2. The van der Waals surface area contributed by atoms with Crippen molar-refractivity contribution in [3.8, 4) is 0 Å². The van der Waals surface area contributed by atoms with Crippen LogP contribution < -0.4 is 12.3 Å². The van der Waals surface area contributed by atoms with Gasteiger partial charge < -0.3 is 22.5 Å². The van der Waals surface area contributed by atoms with E-state index in [1.807, 2.05) is 0 Å². The Morgan fingerprint density at radius 1 is 0.900 bits per heavy atom. The molecule has 0 rings (SSSR count). The number of carbonyl (C=O) groups is 2. The molecular weight excluding hydrogens is 178 g/mol. The van der Waals surface area contributed by atoms with Gasteiger partial charge in [0.2, 0.25) is 0 Å². The third-order valence-corrected chi connectivity index (χ3v) is 0. The standard InChI is InChI=1S/2CH3O2P.2H3N/c2*2-1(3)4;;/h2*4H2,(H,2,3);2*1H3. The zero-order valence-corrected chi connectivity index (χ0v) is 7.59. The van der Waals surface area contributed by atoms with Gasteiger partial charge in [-0.3, -0.25) is 0 Å². The van der Waals surface area contributed by atoms with E-state index in [2.05, 4.69) is 0 Å². The van der Waals surface area contributed by atoms with Crippen molar-refractivity contribution in [1.82, 2.24) is 12.3 Å². The largest absolute Gasteiger partial charge is 0.479 e. The molecule has 0 aromatic heterocycles. The first kappa shape index (κ1) is 22.6. The number of carboxylic acid groups (broad SMARTS) is 2. The predicted molar refractivity (Wildman–Crippen MR) is 45.5 cm³/mol. The van der Waals surface area contributed by atoms with Crippen LogP contribution in [0.5, 0.6) is 0 Å². The number of hydrogen-bond acceptors (Lipinski definition) is 4. The summed E-state index contributed by atoms with van der Waals surface area (Å²) in [6.07, 6.45) is 0.